The molecule has 0 saturated carbocycles. The second-order valence-corrected chi connectivity index (χ2v) is 5.63. The quantitative estimate of drug-likeness (QED) is 0.848. The van der Waals surface area contributed by atoms with Crippen LogP contribution in [-0.2, 0) is 0 Å². The molecule has 4 nitrogen and oxygen atoms in total. The number of ether oxygens (including phenoxy) is 1. The molecule has 1 aliphatic rings. The molecule has 118 valence electrons. The number of allylic oxidation sites excluding steroid dienone is 1. The molecular formula is C19H19NO3. The van der Waals surface area contributed by atoms with Crippen LogP contribution in [0.5, 0.6) is 11.5 Å². The number of aromatic nitrogens is 1. The van der Waals surface area contributed by atoms with E-state index in [1.807, 2.05) is 18.2 Å². The van der Waals surface area contributed by atoms with Crippen LogP contribution >= 0.6 is 0 Å². The summed E-state index contributed by atoms with van der Waals surface area (Å²) in [5, 5.41) is 9.67. The van der Waals surface area contributed by atoms with Crippen LogP contribution in [0, 0.1) is 0 Å². The van der Waals surface area contributed by atoms with Gasteiger partial charge in [0.15, 0.2) is 12.0 Å². The molecule has 1 N–H and O–H groups in total. The summed E-state index contributed by atoms with van der Waals surface area (Å²) in [7, 11) is 0. The summed E-state index contributed by atoms with van der Waals surface area (Å²) in [5.41, 5.74) is 3.97. The molecule has 0 amide bonds. The van der Waals surface area contributed by atoms with Gasteiger partial charge in [-0.1, -0.05) is 30.3 Å². The molecule has 1 aliphatic carbocycles. The first kappa shape index (κ1) is 15.3. The number of rotatable bonds is 5. The Balaban J connectivity index is 1.84. The molecule has 0 fully saturated rings. The minimum absolute atomic E-state index is 0.151. The van der Waals surface area contributed by atoms with Gasteiger partial charge >= 0.3 is 0 Å². The maximum atomic E-state index is 11.1. The molecule has 0 unspecified atom stereocenters. The average molecular weight is 309 g/mol. The van der Waals surface area contributed by atoms with E-state index in [0.717, 1.165) is 19.3 Å². The van der Waals surface area contributed by atoms with Crippen LogP contribution in [0.1, 0.15) is 41.6 Å². The highest BCUT2D eigenvalue weighted by atomic mass is 16.5. The predicted molar refractivity (Wildman–Crippen MR) is 88.6 cm³/mol. The van der Waals surface area contributed by atoms with Crippen LogP contribution in [0.2, 0.25) is 0 Å². The van der Waals surface area contributed by atoms with Gasteiger partial charge in [-0.2, -0.15) is 0 Å². The number of hydrogen-bond donors (Lipinski definition) is 1. The fourth-order valence-electron chi connectivity index (χ4n) is 2.95. The maximum Gasteiger partial charge on any atom is 0.157 e. The summed E-state index contributed by atoms with van der Waals surface area (Å²) in [6.45, 7) is 0.413. The van der Waals surface area contributed by atoms with E-state index in [1.54, 1.807) is 0 Å². The maximum absolute atomic E-state index is 11.1. The molecule has 1 aromatic carbocycles. The van der Waals surface area contributed by atoms with Crippen LogP contribution in [0.15, 0.2) is 48.3 Å². The van der Waals surface area contributed by atoms with Crippen LogP contribution in [0.25, 0.3) is 5.57 Å². The smallest absolute Gasteiger partial charge is 0.157 e. The minimum atomic E-state index is -0.154. The van der Waals surface area contributed by atoms with Crippen molar-refractivity contribution in [2.24, 2.45) is 0 Å². The lowest BCUT2D eigenvalue weighted by Crippen LogP contribution is -2.09. The first-order chi connectivity index (χ1) is 11.3. The van der Waals surface area contributed by atoms with Crippen molar-refractivity contribution >= 4 is 11.9 Å². The Kier molecular flexibility index (Phi) is 4.71. The van der Waals surface area contributed by atoms with Gasteiger partial charge < -0.3 is 9.84 Å². The fraction of sp³-hybridized carbons (Fsp3) is 0.263. The van der Waals surface area contributed by atoms with Gasteiger partial charge in [0, 0.05) is 0 Å². The number of aromatic hydroxyl groups is 1. The lowest BCUT2D eigenvalue weighted by Gasteiger charge is -2.21. The Labute approximate surface area is 135 Å². The topological polar surface area (TPSA) is 59.4 Å². The standard InChI is InChI=1S/C19H19NO3/c21-12-17-18(22)10-20-11-19(17)23-13-15-8-4-5-9-16(15)14-6-2-1-3-7-14/h1-3,6-7,10-12,22H,4-5,8-9,13H2. The van der Waals surface area contributed by atoms with Gasteiger partial charge in [-0.3, -0.25) is 9.78 Å². The van der Waals surface area contributed by atoms with Crippen LogP contribution in [0.3, 0.4) is 0 Å². The molecule has 0 atom stereocenters. The lowest BCUT2D eigenvalue weighted by atomic mass is 9.88. The van der Waals surface area contributed by atoms with Gasteiger partial charge in [0.05, 0.1) is 12.4 Å². The van der Waals surface area contributed by atoms with E-state index < -0.39 is 0 Å². The highest BCUT2D eigenvalue weighted by molar-refractivity contribution is 5.82. The molecule has 0 saturated heterocycles. The third-order valence-electron chi connectivity index (χ3n) is 4.15. The first-order valence-electron chi connectivity index (χ1n) is 7.81. The van der Waals surface area contributed by atoms with Crippen molar-refractivity contribution in [2.45, 2.75) is 25.7 Å². The molecule has 3 rings (SSSR count). The Morgan fingerprint density at radius 1 is 1.13 bits per heavy atom. The monoisotopic (exact) mass is 309 g/mol. The summed E-state index contributed by atoms with van der Waals surface area (Å²) >= 11 is 0. The second-order valence-electron chi connectivity index (χ2n) is 5.63. The van der Waals surface area contributed by atoms with E-state index in [4.69, 9.17) is 4.74 Å². The van der Waals surface area contributed by atoms with Gasteiger partial charge in [-0.25, -0.2) is 0 Å². The van der Waals surface area contributed by atoms with E-state index in [0.29, 0.717) is 18.6 Å². The summed E-state index contributed by atoms with van der Waals surface area (Å²) in [6.07, 6.45) is 7.67. The fourth-order valence-corrected chi connectivity index (χ4v) is 2.95. The van der Waals surface area contributed by atoms with Crippen molar-refractivity contribution < 1.29 is 14.6 Å². The Bertz CT molecular complexity index is 723. The second kappa shape index (κ2) is 7.09. The third kappa shape index (κ3) is 3.42. The van der Waals surface area contributed by atoms with Gasteiger partial charge in [0.2, 0.25) is 0 Å². The molecule has 4 heteroatoms. The average Bonchev–Trinajstić information content (AvgIpc) is 2.61. The molecular weight excluding hydrogens is 290 g/mol. The number of aldehydes is 1. The summed E-state index contributed by atoms with van der Waals surface area (Å²) < 4.78 is 5.79. The SMILES string of the molecule is O=Cc1c(O)cncc1OCC1=C(c2ccccc2)CCCC1. The van der Waals surface area contributed by atoms with E-state index in [-0.39, 0.29) is 11.3 Å². The minimum Gasteiger partial charge on any atom is -0.505 e. The molecule has 0 radical (unpaired) electrons. The molecule has 0 bridgehead atoms. The van der Waals surface area contributed by atoms with Crippen LogP contribution in [0.4, 0.5) is 0 Å². The highest BCUT2D eigenvalue weighted by Gasteiger charge is 2.16. The normalized spacial score (nSPS) is 14.6. The molecule has 0 aliphatic heterocycles. The van der Waals surface area contributed by atoms with Crippen molar-refractivity contribution in [3.8, 4) is 11.5 Å². The molecule has 1 heterocycles. The molecule has 23 heavy (non-hydrogen) atoms. The van der Waals surface area contributed by atoms with Crippen molar-refractivity contribution in [2.75, 3.05) is 6.61 Å². The van der Waals surface area contributed by atoms with Crippen molar-refractivity contribution in [3.63, 3.8) is 0 Å². The zero-order chi connectivity index (χ0) is 16.1. The van der Waals surface area contributed by atoms with Crippen molar-refractivity contribution in [3.05, 3.63) is 59.4 Å². The number of benzene rings is 1. The third-order valence-corrected chi connectivity index (χ3v) is 4.15. The van der Waals surface area contributed by atoms with Crippen molar-refractivity contribution in [1.29, 1.82) is 0 Å². The zero-order valence-electron chi connectivity index (χ0n) is 12.9. The van der Waals surface area contributed by atoms with E-state index >= 15 is 0 Å². The number of nitrogens with zero attached hydrogens (tertiary/aromatic N) is 1. The van der Waals surface area contributed by atoms with E-state index in [2.05, 4.69) is 17.1 Å². The number of carbonyl (C=O) groups excluding carboxylic acids is 1. The van der Waals surface area contributed by atoms with E-state index in [1.165, 1.54) is 35.5 Å². The highest BCUT2D eigenvalue weighted by Crippen LogP contribution is 2.33. The molecule has 2 aromatic rings. The molecule has 1 aromatic heterocycles. The predicted octanol–water partition coefficient (Wildman–Crippen LogP) is 4.01. The Morgan fingerprint density at radius 3 is 2.70 bits per heavy atom. The van der Waals surface area contributed by atoms with Crippen LogP contribution < -0.4 is 4.74 Å². The Morgan fingerprint density at radius 2 is 1.91 bits per heavy atom. The number of pyridine rings is 1. The largest absolute Gasteiger partial charge is 0.505 e. The first-order valence-corrected chi connectivity index (χ1v) is 7.81. The van der Waals surface area contributed by atoms with Crippen LogP contribution in [-0.4, -0.2) is 23.0 Å². The van der Waals surface area contributed by atoms with Gasteiger partial charge in [-0.15, -0.1) is 0 Å². The summed E-state index contributed by atoms with van der Waals surface area (Å²) in [6, 6.07) is 10.3. The zero-order valence-corrected chi connectivity index (χ0v) is 12.9. The van der Waals surface area contributed by atoms with Gasteiger partial charge in [-0.05, 0) is 42.4 Å². The Hall–Kier alpha value is -2.62. The van der Waals surface area contributed by atoms with Crippen molar-refractivity contribution in [1.82, 2.24) is 4.98 Å². The van der Waals surface area contributed by atoms with Gasteiger partial charge in [0.1, 0.15) is 17.9 Å². The summed E-state index contributed by atoms with van der Waals surface area (Å²) in [4.78, 5) is 15.0. The lowest BCUT2D eigenvalue weighted by molar-refractivity contribution is 0.111. The molecule has 0 spiro atoms. The summed E-state index contributed by atoms with van der Waals surface area (Å²) in [5.74, 6) is 0.170. The number of carbonyl (C=O) groups is 1. The van der Waals surface area contributed by atoms with Gasteiger partial charge in [0.25, 0.3) is 0 Å². The van der Waals surface area contributed by atoms with E-state index in [9.17, 15) is 9.90 Å². The number of hydrogen-bond acceptors (Lipinski definition) is 4.